The molecule has 214 valence electrons. The van der Waals surface area contributed by atoms with Crippen molar-refractivity contribution < 1.29 is 19.0 Å². The number of ether oxygens (including phenoxy) is 3. The van der Waals surface area contributed by atoms with E-state index in [4.69, 9.17) is 19.3 Å². The summed E-state index contributed by atoms with van der Waals surface area (Å²) in [6.45, 7) is 3.63. The monoisotopic (exact) mass is 571 g/mol. The summed E-state index contributed by atoms with van der Waals surface area (Å²) in [5.74, 6) is 0.742. The number of unbranched alkanes of at least 4 members (excludes halogenated alkanes) is 2. The molecule has 0 N–H and O–H groups in total. The summed E-state index contributed by atoms with van der Waals surface area (Å²) in [4.78, 5) is 18.1. The van der Waals surface area contributed by atoms with Gasteiger partial charge in [-0.1, -0.05) is 30.0 Å². The maximum absolute atomic E-state index is 11.5. The lowest BCUT2D eigenvalue weighted by atomic mass is 10.1. The van der Waals surface area contributed by atoms with E-state index >= 15 is 0 Å². The van der Waals surface area contributed by atoms with Crippen LogP contribution < -0.4 is 4.74 Å². The fourth-order valence-corrected chi connectivity index (χ4v) is 5.78. The number of carbonyl (C=O) groups is 1. The number of pyridine rings is 1. The number of fused-ring (bicyclic) bond motifs is 1. The van der Waals surface area contributed by atoms with Crippen molar-refractivity contribution >= 4 is 40.8 Å². The molecule has 4 aromatic rings. The van der Waals surface area contributed by atoms with E-state index in [9.17, 15) is 4.79 Å². The fraction of sp³-hybridized carbons (Fsp3) is 0.364. The minimum atomic E-state index is -0.125. The van der Waals surface area contributed by atoms with Gasteiger partial charge < -0.3 is 14.2 Å². The Kier molecular flexibility index (Phi) is 10.5. The summed E-state index contributed by atoms with van der Waals surface area (Å²) in [6, 6.07) is 20.5. The van der Waals surface area contributed by atoms with Gasteiger partial charge >= 0.3 is 5.97 Å². The number of hydrogen-bond donors (Lipinski definition) is 0. The highest BCUT2D eigenvalue weighted by Crippen LogP contribution is 2.38. The molecule has 3 heterocycles. The number of nitrogens with zero attached hydrogens (tertiary/aromatic N) is 3. The molecule has 0 spiro atoms. The summed E-state index contributed by atoms with van der Waals surface area (Å²) in [5, 5.41) is 6.08. The van der Waals surface area contributed by atoms with Crippen molar-refractivity contribution in [1.29, 1.82) is 0 Å². The van der Waals surface area contributed by atoms with Gasteiger partial charge in [-0.3, -0.25) is 9.78 Å². The Labute approximate surface area is 245 Å². The van der Waals surface area contributed by atoms with E-state index in [1.165, 1.54) is 0 Å². The van der Waals surface area contributed by atoms with Gasteiger partial charge in [0, 0.05) is 29.5 Å². The molecular weight excluding hydrogens is 534 g/mol. The molecule has 2 aromatic carbocycles. The Hall–Kier alpha value is -3.62. The molecule has 0 bridgehead atoms. The van der Waals surface area contributed by atoms with Crippen LogP contribution in [0.25, 0.3) is 23.1 Å². The van der Waals surface area contributed by atoms with Crippen LogP contribution in [0, 0.1) is 0 Å². The molecule has 7 nitrogen and oxygen atoms in total. The van der Waals surface area contributed by atoms with E-state index in [2.05, 4.69) is 33.9 Å². The summed E-state index contributed by atoms with van der Waals surface area (Å²) in [5.41, 5.74) is 2.86. The zero-order valence-electron chi connectivity index (χ0n) is 23.5. The smallest absolute Gasteiger partial charge is 0.305 e. The summed E-state index contributed by atoms with van der Waals surface area (Å²) in [6.07, 6.45) is 12.0. The molecule has 41 heavy (non-hydrogen) atoms. The van der Waals surface area contributed by atoms with Crippen LogP contribution in [0.3, 0.4) is 0 Å². The van der Waals surface area contributed by atoms with Crippen molar-refractivity contribution in [3.63, 3.8) is 0 Å². The number of para-hydroxylation sites is 1. The van der Waals surface area contributed by atoms with E-state index in [0.717, 1.165) is 83.0 Å². The summed E-state index contributed by atoms with van der Waals surface area (Å²) < 4.78 is 19.3. The molecule has 2 aromatic heterocycles. The molecule has 1 fully saturated rings. The molecule has 0 saturated carbocycles. The molecule has 1 saturated heterocycles. The van der Waals surface area contributed by atoms with E-state index in [-0.39, 0.29) is 12.2 Å². The summed E-state index contributed by atoms with van der Waals surface area (Å²) >= 11 is 1.69. The highest BCUT2D eigenvalue weighted by atomic mass is 32.2. The minimum absolute atomic E-state index is 0.0667. The van der Waals surface area contributed by atoms with Crippen molar-refractivity contribution in [2.75, 3.05) is 19.8 Å². The standard InChI is InChI=1S/C33H37N3O4S/c1-2-38-33(37)16-4-3-10-22-39-30-13-5-6-14-31(30)41-26-18-19-27-28(20-17-25-12-7-9-21-34-25)35-36(29(27)24-26)32-15-8-11-23-40-32/h5-7,9,12-14,17-21,24,32H,2-4,8,10-11,15-16,22-23H2,1H3. The van der Waals surface area contributed by atoms with Gasteiger partial charge in [-0.15, -0.1) is 0 Å². The van der Waals surface area contributed by atoms with Crippen molar-refractivity contribution in [1.82, 2.24) is 14.8 Å². The Balaban J connectivity index is 1.31. The van der Waals surface area contributed by atoms with Crippen molar-refractivity contribution in [2.24, 2.45) is 0 Å². The van der Waals surface area contributed by atoms with Crippen LogP contribution in [0.1, 0.15) is 69.5 Å². The normalized spacial score (nSPS) is 15.4. The van der Waals surface area contributed by atoms with E-state index in [0.29, 0.717) is 19.6 Å². The molecule has 1 atom stereocenters. The zero-order chi connectivity index (χ0) is 28.3. The number of rotatable bonds is 13. The zero-order valence-corrected chi connectivity index (χ0v) is 24.4. The molecule has 5 rings (SSSR count). The van der Waals surface area contributed by atoms with E-state index < -0.39 is 0 Å². The molecule has 8 heteroatoms. The van der Waals surface area contributed by atoms with Crippen molar-refractivity contribution in [2.45, 2.75) is 67.9 Å². The average molecular weight is 572 g/mol. The molecule has 1 unspecified atom stereocenters. The Morgan fingerprint density at radius 1 is 1.07 bits per heavy atom. The maximum Gasteiger partial charge on any atom is 0.305 e. The second kappa shape index (κ2) is 14.8. The third-order valence-electron chi connectivity index (χ3n) is 6.90. The van der Waals surface area contributed by atoms with Gasteiger partial charge in [-0.2, -0.15) is 5.10 Å². The first-order valence-corrected chi connectivity index (χ1v) is 15.3. The first-order valence-electron chi connectivity index (χ1n) is 14.5. The van der Waals surface area contributed by atoms with Gasteiger partial charge in [0.05, 0.1) is 35.0 Å². The van der Waals surface area contributed by atoms with Crippen molar-refractivity contribution in [3.8, 4) is 5.75 Å². The van der Waals surface area contributed by atoms with Crippen LogP contribution in [0.2, 0.25) is 0 Å². The quantitative estimate of drug-likeness (QED) is 0.119. The molecule has 0 radical (unpaired) electrons. The predicted octanol–water partition coefficient (Wildman–Crippen LogP) is 7.95. The largest absolute Gasteiger partial charge is 0.492 e. The second-order valence-corrected chi connectivity index (χ2v) is 11.0. The SMILES string of the molecule is CCOC(=O)CCCCCOc1ccccc1Sc1ccc2c(C=Cc3ccccn3)nn(C3CCCCO3)c2c1. The Morgan fingerprint density at radius 3 is 2.80 bits per heavy atom. The number of carbonyl (C=O) groups excluding carboxylic acids is 1. The second-order valence-electron chi connectivity index (χ2n) is 9.93. The Morgan fingerprint density at radius 2 is 1.98 bits per heavy atom. The van der Waals surface area contributed by atoms with E-state index in [1.807, 2.05) is 55.5 Å². The molecular formula is C33H37N3O4S. The van der Waals surface area contributed by atoms with Gasteiger partial charge in [-0.05, 0) is 100 Å². The third-order valence-corrected chi connectivity index (χ3v) is 7.95. The van der Waals surface area contributed by atoms with Crippen LogP contribution in [0.15, 0.2) is 76.7 Å². The van der Waals surface area contributed by atoms with Crippen LogP contribution in [0.4, 0.5) is 0 Å². The maximum atomic E-state index is 11.5. The molecule has 1 aliphatic heterocycles. The van der Waals surface area contributed by atoms with Crippen LogP contribution in [0.5, 0.6) is 5.75 Å². The van der Waals surface area contributed by atoms with Crippen LogP contribution in [-0.2, 0) is 14.3 Å². The highest BCUT2D eigenvalue weighted by Gasteiger charge is 2.21. The topological polar surface area (TPSA) is 75.5 Å². The number of benzene rings is 2. The van der Waals surface area contributed by atoms with Gasteiger partial charge in [-0.25, -0.2) is 4.68 Å². The Bertz CT molecular complexity index is 1450. The first-order chi connectivity index (χ1) is 20.2. The van der Waals surface area contributed by atoms with Crippen molar-refractivity contribution in [3.05, 3.63) is 78.2 Å². The number of esters is 1. The molecule has 0 amide bonds. The van der Waals surface area contributed by atoms with Gasteiger partial charge in [0.2, 0.25) is 0 Å². The number of hydrogen-bond acceptors (Lipinski definition) is 7. The highest BCUT2D eigenvalue weighted by molar-refractivity contribution is 7.99. The van der Waals surface area contributed by atoms with Gasteiger partial charge in [0.15, 0.2) is 6.23 Å². The molecule has 0 aliphatic carbocycles. The lowest BCUT2D eigenvalue weighted by Gasteiger charge is -2.23. The van der Waals surface area contributed by atoms with E-state index in [1.54, 1.807) is 18.0 Å². The predicted molar refractivity (Wildman–Crippen MR) is 163 cm³/mol. The number of aromatic nitrogens is 3. The van der Waals surface area contributed by atoms with Gasteiger partial charge in [0.25, 0.3) is 0 Å². The lowest BCUT2D eigenvalue weighted by molar-refractivity contribution is -0.143. The third kappa shape index (κ3) is 7.99. The minimum Gasteiger partial charge on any atom is -0.492 e. The molecule has 1 aliphatic rings. The van der Waals surface area contributed by atoms with Crippen LogP contribution >= 0.6 is 11.8 Å². The first kappa shape index (κ1) is 28.9. The van der Waals surface area contributed by atoms with Gasteiger partial charge in [0.1, 0.15) is 5.75 Å². The lowest BCUT2D eigenvalue weighted by Crippen LogP contribution is -2.19. The summed E-state index contributed by atoms with van der Waals surface area (Å²) in [7, 11) is 0. The fourth-order valence-electron chi connectivity index (χ4n) is 4.85. The van der Waals surface area contributed by atoms with Crippen LogP contribution in [-0.4, -0.2) is 40.6 Å². The average Bonchev–Trinajstić information content (AvgIpc) is 3.37.